The molecule has 3 nitrogen and oxygen atoms in total. The smallest absolute Gasteiger partial charge is 0.101 e. The fraction of sp³-hybridized carbons (Fsp3) is 0.769. The van der Waals surface area contributed by atoms with E-state index in [-0.39, 0.29) is 12.0 Å². The number of aliphatic hydroxyl groups excluding tert-OH is 1. The third kappa shape index (κ3) is 2.69. The molecule has 1 N–H and O–H groups in total. The second-order valence-electron chi connectivity index (χ2n) is 5.39. The molecule has 0 spiro atoms. The second-order valence-corrected chi connectivity index (χ2v) is 6.59. The first-order valence-corrected chi connectivity index (χ1v) is 7.02. The summed E-state index contributed by atoms with van der Waals surface area (Å²) in [4.78, 5) is 6.08. The molecular weight excluding hydrogens is 234 g/mol. The van der Waals surface area contributed by atoms with Crippen molar-refractivity contribution < 1.29 is 9.84 Å². The average Bonchev–Trinajstić information content (AvgIpc) is 2.73. The first-order valence-electron chi connectivity index (χ1n) is 6.21. The third-order valence-corrected chi connectivity index (χ3v) is 4.77. The van der Waals surface area contributed by atoms with Gasteiger partial charge in [0.1, 0.15) is 5.01 Å². The number of rotatable bonds is 3. The van der Waals surface area contributed by atoms with Gasteiger partial charge in [0.05, 0.1) is 12.3 Å². The molecule has 1 fully saturated rings. The van der Waals surface area contributed by atoms with Gasteiger partial charge in [0.25, 0.3) is 0 Å². The van der Waals surface area contributed by atoms with E-state index in [1.165, 1.54) is 10.6 Å². The Balaban J connectivity index is 2.24. The van der Waals surface area contributed by atoms with Crippen LogP contribution in [0, 0.1) is 6.92 Å². The predicted molar refractivity (Wildman–Crippen MR) is 69.8 cm³/mol. The van der Waals surface area contributed by atoms with Crippen molar-refractivity contribution in [1.82, 2.24) is 4.98 Å². The largest absolute Gasteiger partial charge is 0.395 e. The molecule has 17 heavy (non-hydrogen) atoms. The lowest BCUT2D eigenvalue weighted by atomic mass is 9.94. The zero-order chi connectivity index (χ0) is 12.5. The molecule has 2 rings (SSSR count). The Hall–Kier alpha value is -0.450. The average molecular weight is 255 g/mol. The molecule has 1 aromatic rings. The SMILES string of the molecule is Cc1sc(C(C)(C)CO)nc1C1CCOCC1. The zero-order valence-electron chi connectivity index (χ0n) is 10.8. The molecule has 96 valence electrons. The van der Waals surface area contributed by atoms with Crippen LogP contribution in [0.1, 0.15) is 48.2 Å². The van der Waals surface area contributed by atoms with E-state index in [4.69, 9.17) is 9.72 Å². The van der Waals surface area contributed by atoms with Gasteiger partial charge in [-0.1, -0.05) is 13.8 Å². The van der Waals surface area contributed by atoms with Crippen molar-refractivity contribution in [2.45, 2.75) is 44.9 Å². The second kappa shape index (κ2) is 5.04. The maximum Gasteiger partial charge on any atom is 0.101 e. The van der Waals surface area contributed by atoms with Crippen LogP contribution in [-0.2, 0) is 10.2 Å². The van der Waals surface area contributed by atoms with Crippen molar-refractivity contribution >= 4 is 11.3 Å². The van der Waals surface area contributed by atoms with Gasteiger partial charge in [-0.25, -0.2) is 4.98 Å². The Labute approximate surface area is 107 Å². The molecule has 0 saturated carbocycles. The van der Waals surface area contributed by atoms with Gasteiger partial charge in [0.15, 0.2) is 0 Å². The lowest BCUT2D eigenvalue weighted by Gasteiger charge is -2.21. The number of nitrogens with zero attached hydrogens (tertiary/aromatic N) is 1. The molecule has 0 radical (unpaired) electrons. The maximum absolute atomic E-state index is 9.40. The molecule has 0 amide bonds. The number of aryl methyl sites for hydroxylation is 1. The minimum absolute atomic E-state index is 0.146. The molecule has 2 heterocycles. The maximum atomic E-state index is 9.40. The van der Waals surface area contributed by atoms with Crippen LogP contribution in [0.4, 0.5) is 0 Å². The van der Waals surface area contributed by atoms with E-state index in [0.29, 0.717) is 5.92 Å². The highest BCUT2D eigenvalue weighted by Gasteiger charge is 2.27. The van der Waals surface area contributed by atoms with Gasteiger partial charge < -0.3 is 9.84 Å². The molecule has 0 atom stereocenters. The molecular formula is C13H21NO2S. The first kappa shape index (κ1) is 13.0. The van der Waals surface area contributed by atoms with E-state index < -0.39 is 0 Å². The summed E-state index contributed by atoms with van der Waals surface area (Å²) in [7, 11) is 0. The van der Waals surface area contributed by atoms with Gasteiger partial charge in [-0.05, 0) is 19.8 Å². The first-order chi connectivity index (χ1) is 8.04. The van der Waals surface area contributed by atoms with Crippen LogP contribution >= 0.6 is 11.3 Å². The molecule has 1 aliphatic heterocycles. The van der Waals surface area contributed by atoms with E-state index in [9.17, 15) is 5.11 Å². The van der Waals surface area contributed by atoms with Gasteiger partial charge in [-0.15, -0.1) is 11.3 Å². The van der Waals surface area contributed by atoms with Gasteiger partial charge in [-0.3, -0.25) is 0 Å². The van der Waals surface area contributed by atoms with Crippen LogP contribution in [-0.4, -0.2) is 29.9 Å². The van der Waals surface area contributed by atoms with Crippen molar-refractivity contribution in [2.24, 2.45) is 0 Å². The van der Waals surface area contributed by atoms with Crippen LogP contribution in [0.2, 0.25) is 0 Å². The summed E-state index contributed by atoms with van der Waals surface area (Å²) in [6, 6.07) is 0. The summed E-state index contributed by atoms with van der Waals surface area (Å²) in [6.07, 6.45) is 2.15. The summed E-state index contributed by atoms with van der Waals surface area (Å²) < 4.78 is 5.39. The lowest BCUT2D eigenvalue weighted by Crippen LogP contribution is -2.22. The fourth-order valence-electron chi connectivity index (χ4n) is 2.12. The van der Waals surface area contributed by atoms with Crippen molar-refractivity contribution in [1.29, 1.82) is 0 Å². The van der Waals surface area contributed by atoms with Crippen LogP contribution < -0.4 is 0 Å². The van der Waals surface area contributed by atoms with E-state index in [1.54, 1.807) is 11.3 Å². The van der Waals surface area contributed by atoms with Crippen LogP contribution in [0.15, 0.2) is 0 Å². The Bertz CT molecular complexity index is 381. The van der Waals surface area contributed by atoms with E-state index >= 15 is 0 Å². The summed E-state index contributed by atoms with van der Waals surface area (Å²) in [5.74, 6) is 0.545. The highest BCUT2D eigenvalue weighted by atomic mass is 32.1. The highest BCUT2D eigenvalue weighted by Crippen LogP contribution is 2.35. The summed E-state index contributed by atoms with van der Waals surface area (Å²) >= 11 is 1.73. The zero-order valence-corrected chi connectivity index (χ0v) is 11.6. The minimum Gasteiger partial charge on any atom is -0.395 e. The summed E-state index contributed by atoms with van der Waals surface area (Å²) in [6.45, 7) is 8.06. The monoisotopic (exact) mass is 255 g/mol. The van der Waals surface area contributed by atoms with E-state index in [0.717, 1.165) is 31.1 Å². The molecule has 1 aromatic heterocycles. The van der Waals surface area contributed by atoms with Gasteiger partial charge >= 0.3 is 0 Å². The molecule has 0 bridgehead atoms. The van der Waals surface area contributed by atoms with Crippen molar-refractivity contribution in [3.63, 3.8) is 0 Å². The van der Waals surface area contributed by atoms with Crippen molar-refractivity contribution in [3.05, 3.63) is 15.6 Å². The molecule has 1 saturated heterocycles. The minimum atomic E-state index is -0.223. The molecule has 4 heteroatoms. The quantitative estimate of drug-likeness (QED) is 0.902. The van der Waals surface area contributed by atoms with Crippen LogP contribution in [0.5, 0.6) is 0 Å². The van der Waals surface area contributed by atoms with E-state index in [2.05, 4.69) is 6.92 Å². The highest BCUT2D eigenvalue weighted by molar-refractivity contribution is 7.11. The number of aliphatic hydroxyl groups is 1. The Kier molecular flexibility index (Phi) is 3.85. The van der Waals surface area contributed by atoms with Gasteiger partial charge in [0, 0.05) is 29.4 Å². The topological polar surface area (TPSA) is 42.4 Å². The number of aromatic nitrogens is 1. The number of hydrogen-bond donors (Lipinski definition) is 1. The Morgan fingerprint density at radius 2 is 2.06 bits per heavy atom. The Morgan fingerprint density at radius 1 is 1.41 bits per heavy atom. The summed E-state index contributed by atoms with van der Waals surface area (Å²) in [5, 5.41) is 10.5. The molecule has 0 aromatic carbocycles. The molecule has 0 aliphatic carbocycles. The fourth-order valence-corrected chi connectivity index (χ4v) is 3.21. The lowest BCUT2D eigenvalue weighted by molar-refractivity contribution is 0.0844. The Morgan fingerprint density at radius 3 is 2.65 bits per heavy atom. The third-order valence-electron chi connectivity index (χ3n) is 3.41. The van der Waals surface area contributed by atoms with Crippen molar-refractivity contribution in [3.8, 4) is 0 Å². The molecule has 1 aliphatic rings. The number of thiazole rings is 1. The van der Waals surface area contributed by atoms with Gasteiger partial charge in [0.2, 0.25) is 0 Å². The van der Waals surface area contributed by atoms with Gasteiger partial charge in [-0.2, -0.15) is 0 Å². The number of ether oxygens (including phenoxy) is 1. The van der Waals surface area contributed by atoms with E-state index in [1.807, 2.05) is 13.8 Å². The normalized spacial score (nSPS) is 18.6. The number of hydrogen-bond acceptors (Lipinski definition) is 4. The van der Waals surface area contributed by atoms with Crippen LogP contribution in [0.3, 0.4) is 0 Å². The summed E-state index contributed by atoms with van der Waals surface area (Å²) in [5.41, 5.74) is 1.01. The van der Waals surface area contributed by atoms with Crippen molar-refractivity contribution in [2.75, 3.05) is 19.8 Å². The molecule has 0 unspecified atom stereocenters. The predicted octanol–water partition coefficient (Wildman–Crippen LogP) is 2.62. The standard InChI is InChI=1S/C13H21NO2S/c1-9-11(10-4-6-16-7-5-10)14-12(17-9)13(2,3)8-15/h10,15H,4-8H2,1-3H3. The van der Waals surface area contributed by atoms with Crippen LogP contribution in [0.25, 0.3) is 0 Å².